The molecule has 1 atom stereocenters. The van der Waals surface area contributed by atoms with E-state index in [1.165, 1.54) is 25.8 Å². The molecule has 4 nitrogen and oxygen atoms in total. The normalized spacial score (nSPS) is 13.8. The molecular weight excluding hydrogens is 250 g/mol. The van der Waals surface area contributed by atoms with Crippen LogP contribution in [-0.4, -0.2) is 35.2 Å². The maximum atomic E-state index is 11.5. The van der Waals surface area contributed by atoms with Crippen molar-refractivity contribution in [3.05, 3.63) is 29.8 Å². The summed E-state index contributed by atoms with van der Waals surface area (Å²) in [6, 6.07) is 7.21. The van der Waals surface area contributed by atoms with Crippen LogP contribution in [0.3, 0.4) is 0 Å². The van der Waals surface area contributed by atoms with Crippen molar-refractivity contribution < 1.29 is 14.7 Å². The van der Waals surface area contributed by atoms with Gasteiger partial charge in [0, 0.05) is 18.9 Å². The highest BCUT2D eigenvalue weighted by Gasteiger charge is 2.40. The first-order valence-corrected chi connectivity index (χ1v) is 6.68. The predicted octanol–water partition coefficient (Wildman–Crippen LogP) is 2.19. The van der Waals surface area contributed by atoms with E-state index in [9.17, 15) is 14.7 Å². The van der Waals surface area contributed by atoms with Crippen molar-refractivity contribution >= 4 is 23.6 Å². The number of benzene rings is 1. The van der Waals surface area contributed by atoms with Crippen LogP contribution in [-0.2, 0) is 15.1 Å². The summed E-state index contributed by atoms with van der Waals surface area (Å²) >= 11 is 1.58. The second-order valence-electron chi connectivity index (χ2n) is 4.18. The minimum Gasteiger partial charge on any atom is -0.479 e. The average molecular weight is 267 g/mol. The maximum absolute atomic E-state index is 11.5. The monoisotopic (exact) mass is 267 g/mol. The van der Waals surface area contributed by atoms with Gasteiger partial charge >= 0.3 is 5.97 Å². The lowest BCUT2D eigenvalue weighted by Gasteiger charge is -2.34. The van der Waals surface area contributed by atoms with Crippen LogP contribution in [0.1, 0.15) is 19.4 Å². The van der Waals surface area contributed by atoms with E-state index in [1.807, 2.05) is 18.4 Å². The molecule has 0 aliphatic carbocycles. The molecular formula is C13H17NO3S. The number of amides is 1. The lowest BCUT2D eigenvalue weighted by molar-refractivity contribution is -0.156. The van der Waals surface area contributed by atoms with Crippen LogP contribution in [0, 0.1) is 0 Å². The van der Waals surface area contributed by atoms with E-state index in [0.717, 1.165) is 4.90 Å². The first-order valence-electron chi connectivity index (χ1n) is 5.46. The number of hydrogen-bond acceptors (Lipinski definition) is 3. The number of carboxylic acid groups (broad SMARTS) is 1. The summed E-state index contributed by atoms with van der Waals surface area (Å²) in [5.74, 6) is -1.33. The quantitative estimate of drug-likeness (QED) is 0.850. The summed E-state index contributed by atoms with van der Waals surface area (Å²) in [5, 5.41) is 9.43. The smallest absolute Gasteiger partial charge is 0.334 e. The molecule has 0 spiro atoms. The topological polar surface area (TPSA) is 57.6 Å². The van der Waals surface area contributed by atoms with E-state index < -0.39 is 11.5 Å². The van der Waals surface area contributed by atoms with Crippen molar-refractivity contribution in [1.82, 2.24) is 4.90 Å². The number of carbonyl (C=O) groups is 2. The van der Waals surface area contributed by atoms with Gasteiger partial charge in [0.25, 0.3) is 0 Å². The van der Waals surface area contributed by atoms with E-state index in [2.05, 4.69) is 0 Å². The van der Waals surface area contributed by atoms with Crippen molar-refractivity contribution in [2.75, 3.05) is 13.3 Å². The summed E-state index contributed by atoms with van der Waals surface area (Å²) in [4.78, 5) is 25.3. The van der Waals surface area contributed by atoms with Crippen LogP contribution >= 0.6 is 11.8 Å². The molecule has 0 aliphatic rings. The molecule has 1 N–H and O–H groups in total. The van der Waals surface area contributed by atoms with Crippen molar-refractivity contribution in [3.8, 4) is 0 Å². The van der Waals surface area contributed by atoms with E-state index >= 15 is 0 Å². The van der Waals surface area contributed by atoms with Gasteiger partial charge in [-0.1, -0.05) is 12.1 Å². The summed E-state index contributed by atoms with van der Waals surface area (Å²) < 4.78 is 0. The Balaban J connectivity index is 3.26. The number of aliphatic carboxylic acids is 1. The molecule has 0 saturated heterocycles. The highest BCUT2D eigenvalue weighted by molar-refractivity contribution is 7.98. The zero-order valence-corrected chi connectivity index (χ0v) is 11.7. The Morgan fingerprint density at radius 1 is 1.28 bits per heavy atom. The fraction of sp³-hybridized carbons (Fsp3) is 0.385. The van der Waals surface area contributed by atoms with Crippen molar-refractivity contribution in [2.45, 2.75) is 24.3 Å². The number of nitrogens with zero attached hydrogens (tertiary/aromatic N) is 1. The third-order valence-electron chi connectivity index (χ3n) is 3.21. The fourth-order valence-electron chi connectivity index (χ4n) is 1.69. The number of carboxylic acids is 1. The highest BCUT2D eigenvalue weighted by Crippen LogP contribution is 2.29. The van der Waals surface area contributed by atoms with Gasteiger partial charge in [-0.15, -0.1) is 11.8 Å². The standard InChI is InChI=1S/C13H17NO3S/c1-9(15)14(3)13(2,12(16)17)10-5-7-11(18-4)8-6-10/h5-8H,1-4H3,(H,16,17). The zero-order valence-electron chi connectivity index (χ0n) is 10.9. The number of hydrogen-bond donors (Lipinski definition) is 1. The molecule has 0 heterocycles. The molecule has 98 valence electrons. The van der Waals surface area contributed by atoms with Gasteiger partial charge in [-0.05, 0) is 30.9 Å². The Hall–Kier alpha value is -1.49. The van der Waals surface area contributed by atoms with E-state index in [0.29, 0.717) is 5.56 Å². The molecule has 1 aromatic rings. The number of likely N-dealkylation sites (N-methyl/N-ethyl adjacent to an activating group) is 1. The molecule has 1 unspecified atom stereocenters. The minimum atomic E-state index is -1.34. The number of carbonyl (C=O) groups excluding carboxylic acids is 1. The Bertz CT molecular complexity index is 458. The van der Waals surface area contributed by atoms with Gasteiger partial charge in [-0.2, -0.15) is 0 Å². The van der Waals surface area contributed by atoms with Crippen LogP contribution < -0.4 is 0 Å². The van der Waals surface area contributed by atoms with Gasteiger partial charge in [0.2, 0.25) is 5.91 Å². The average Bonchev–Trinajstić information content (AvgIpc) is 2.36. The third kappa shape index (κ3) is 2.51. The van der Waals surface area contributed by atoms with Gasteiger partial charge in [-0.25, -0.2) is 4.79 Å². The molecule has 5 heteroatoms. The molecule has 1 rings (SSSR count). The Labute approximate surface area is 111 Å². The van der Waals surface area contributed by atoms with Gasteiger partial charge in [-0.3, -0.25) is 4.79 Å². The van der Waals surface area contributed by atoms with Crippen LogP contribution in [0.25, 0.3) is 0 Å². The Morgan fingerprint density at radius 3 is 2.11 bits per heavy atom. The van der Waals surface area contributed by atoms with Gasteiger partial charge < -0.3 is 10.0 Å². The molecule has 0 saturated carbocycles. The second-order valence-corrected chi connectivity index (χ2v) is 5.06. The Morgan fingerprint density at radius 2 is 1.78 bits per heavy atom. The first kappa shape index (κ1) is 14.6. The molecule has 1 aromatic carbocycles. The third-order valence-corrected chi connectivity index (χ3v) is 3.96. The lowest BCUT2D eigenvalue weighted by Crippen LogP contribution is -2.49. The molecule has 0 fully saturated rings. The lowest BCUT2D eigenvalue weighted by atomic mass is 9.90. The van der Waals surface area contributed by atoms with Crippen LogP contribution in [0.15, 0.2) is 29.2 Å². The highest BCUT2D eigenvalue weighted by atomic mass is 32.2. The van der Waals surface area contributed by atoms with Crippen LogP contribution in [0.2, 0.25) is 0 Å². The number of rotatable bonds is 4. The van der Waals surface area contributed by atoms with E-state index in [4.69, 9.17) is 0 Å². The summed E-state index contributed by atoms with van der Waals surface area (Å²) in [7, 11) is 1.50. The SMILES string of the molecule is CSc1ccc(C(C)(C(=O)O)N(C)C(C)=O)cc1. The summed E-state index contributed by atoms with van der Waals surface area (Å²) in [6.07, 6.45) is 1.95. The van der Waals surface area contributed by atoms with Crippen LogP contribution in [0.4, 0.5) is 0 Å². The molecule has 0 aliphatic heterocycles. The maximum Gasteiger partial charge on any atom is 0.334 e. The van der Waals surface area contributed by atoms with Crippen molar-refractivity contribution in [2.24, 2.45) is 0 Å². The molecule has 1 amide bonds. The van der Waals surface area contributed by atoms with Gasteiger partial charge in [0.1, 0.15) is 0 Å². The molecule has 0 bridgehead atoms. The van der Waals surface area contributed by atoms with Gasteiger partial charge in [0.15, 0.2) is 5.54 Å². The van der Waals surface area contributed by atoms with Gasteiger partial charge in [0.05, 0.1) is 0 Å². The largest absolute Gasteiger partial charge is 0.479 e. The predicted molar refractivity (Wildman–Crippen MR) is 71.7 cm³/mol. The first-order chi connectivity index (χ1) is 8.33. The number of thioether (sulfide) groups is 1. The zero-order chi connectivity index (χ0) is 13.9. The molecule has 0 aromatic heterocycles. The summed E-state index contributed by atoms with van der Waals surface area (Å²) in [6.45, 7) is 2.89. The molecule has 18 heavy (non-hydrogen) atoms. The van der Waals surface area contributed by atoms with E-state index in [1.54, 1.807) is 23.9 Å². The fourth-order valence-corrected chi connectivity index (χ4v) is 2.10. The summed E-state index contributed by atoms with van der Waals surface area (Å²) in [5.41, 5.74) is -0.756. The molecule has 0 radical (unpaired) electrons. The van der Waals surface area contributed by atoms with Crippen LogP contribution in [0.5, 0.6) is 0 Å². The van der Waals surface area contributed by atoms with Crippen molar-refractivity contribution in [3.63, 3.8) is 0 Å². The second kappa shape index (κ2) is 5.44. The van der Waals surface area contributed by atoms with E-state index in [-0.39, 0.29) is 5.91 Å². The minimum absolute atomic E-state index is 0.283. The van der Waals surface area contributed by atoms with Crippen molar-refractivity contribution in [1.29, 1.82) is 0 Å². The Kier molecular flexibility index (Phi) is 4.40.